The van der Waals surface area contributed by atoms with Gasteiger partial charge in [0.25, 0.3) is 0 Å². The van der Waals surface area contributed by atoms with E-state index in [0.717, 1.165) is 0 Å². The van der Waals surface area contributed by atoms with E-state index in [1.807, 2.05) is 0 Å². The first-order chi connectivity index (χ1) is 9.93. The van der Waals surface area contributed by atoms with Crippen molar-refractivity contribution in [2.45, 2.75) is 12.4 Å². The predicted octanol–water partition coefficient (Wildman–Crippen LogP) is 6.79. The van der Waals surface area contributed by atoms with Gasteiger partial charge in [0.05, 0.1) is 20.2 Å². The molecule has 2 aromatic rings. The second-order valence-electron chi connectivity index (χ2n) is 4.19. The monoisotopic (exact) mass is 425 g/mol. The van der Waals surface area contributed by atoms with Gasteiger partial charge in [-0.1, -0.05) is 29.3 Å². The molecule has 0 aliphatic heterocycles. The Hall–Kier alpha value is -0.860. The lowest BCUT2D eigenvalue weighted by molar-refractivity contribution is -0.164. The van der Waals surface area contributed by atoms with E-state index >= 15 is 0 Å². The van der Waals surface area contributed by atoms with Crippen LogP contribution in [-0.2, 0) is 12.4 Å². The first kappa shape index (κ1) is 17.5. The Labute approximate surface area is 138 Å². The summed E-state index contributed by atoms with van der Waals surface area (Å²) in [4.78, 5) is 1.77. The van der Waals surface area contributed by atoms with Crippen molar-refractivity contribution < 1.29 is 26.3 Å². The average molecular weight is 427 g/mol. The zero-order valence-corrected chi connectivity index (χ0v) is 13.2. The molecule has 2 rings (SSSR count). The molecule has 1 aromatic carbocycles. The molecule has 0 aliphatic rings. The molecule has 0 spiro atoms. The van der Waals surface area contributed by atoms with Gasteiger partial charge in [0.1, 0.15) is 11.3 Å². The highest BCUT2D eigenvalue weighted by Crippen LogP contribution is 2.47. The largest absolute Gasteiger partial charge is 0.431 e. The second kappa shape index (κ2) is 5.65. The van der Waals surface area contributed by atoms with Gasteiger partial charge in [-0.3, -0.25) is 0 Å². The van der Waals surface area contributed by atoms with E-state index in [9.17, 15) is 26.3 Å². The molecule has 1 aromatic heterocycles. The van der Waals surface area contributed by atoms with Crippen molar-refractivity contribution >= 4 is 39.1 Å². The second-order valence-corrected chi connectivity index (χ2v) is 5.80. The lowest BCUT2D eigenvalue weighted by Gasteiger charge is -2.10. The van der Waals surface area contributed by atoms with Crippen LogP contribution in [0.1, 0.15) is 11.3 Å². The number of nitrogens with one attached hydrogen (secondary N) is 1. The van der Waals surface area contributed by atoms with Crippen LogP contribution in [0.4, 0.5) is 26.3 Å². The highest BCUT2D eigenvalue weighted by atomic mass is 79.9. The van der Waals surface area contributed by atoms with Crippen LogP contribution in [0.3, 0.4) is 0 Å². The Kier molecular flexibility index (Phi) is 4.49. The fourth-order valence-electron chi connectivity index (χ4n) is 1.81. The quantitative estimate of drug-likeness (QED) is 0.483. The maximum atomic E-state index is 12.9. The highest BCUT2D eigenvalue weighted by molar-refractivity contribution is 9.10. The molecule has 0 atom stereocenters. The van der Waals surface area contributed by atoms with E-state index in [1.54, 1.807) is 4.98 Å². The molecular weight excluding hydrogens is 423 g/mol. The number of benzene rings is 1. The van der Waals surface area contributed by atoms with E-state index < -0.39 is 33.8 Å². The van der Waals surface area contributed by atoms with E-state index in [0.29, 0.717) is 0 Å². The fourth-order valence-corrected chi connectivity index (χ4v) is 2.86. The molecule has 0 amide bonds. The van der Waals surface area contributed by atoms with Crippen LogP contribution in [0.15, 0.2) is 22.7 Å². The molecule has 0 aliphatic carbocycles. The van der Waals surface area contributed by atoms with Crippen LogP contribution in [0.25, 0.3) is 11.3 Å². The van der Waals surface area contributed by atoms with Gasteiger partial charge in [-0.15, -0.1) is 0 Å². The molecule has 10 heteroatoms. The van der Waals surface area contributed by atoms with E-state index in [1.165, 1.54) is 18.2 Å². The number of hydrogen-bond acceptors (Lipinski definition) is 0. The molecular formula is C12H4BrCl2F6N. The van der Waals surface area contributed by atoms with Gasteiger partial charge in [0.2, 0.25) is 0 Å². The van der Waals surface area contributed by atoms with Crippen molar-refractivity contribution in [3.8, 4) is 11.3 Å². The third-order valence-corrected chi connectivity index (χ3v) is 4.25. The van der Waals surface area contributed by atoms with Gasteiger partial charge in [-0.25, -0.2) is 0 Å². The van der Waals surface area contributed by atoms with Crippen LogP contribution in [-0.4, -0.2) is 4.98 Å². The molecule has 1 N–H and O–H groups in total. The standard InChI is InChI=1S/C12H4BrCl2F6N/c13-8-7(11(16,17)18)10(12(19,20)21)22-9(8)4-1-2-5(14)6(15)3-4/h1-3,22H. The Morgan fingerprint density at radius 2 is 1.50 bits per heavy atom. The molecule has 1 nitrogen and oxygen atoms in total. The summed E-state index contributed by atoms with van der Waals surface area (Å²) in [7, 11) is 0. The van der Waals surface area contributed by atoms with Crippen molar-refractivity contribution in [3.05, 3.63) is 44.0 Å². The van der Waals surface area contributed by atoms with Gasteiger partial charge in [0, 0.05) is 5.56 Å². The third kappa shape index (κ3) is 3.23. The van der Waals surface area contributed by atoms with Crippen molar-refractivity contribution in [1.82, 2.24) is 4.98 Å². The molecule has 0 radical (unpaired) electrons. The molecule has 1 heterocycles. The van der Waals surface area contributed by atoms with Crippen molar-refractivity contribution in [3.63, 3.8) is 0 Å². The van der Waals surface area contributed by atoms with Gasteiger partial charge in [-0.2, -0.15) is 26.3 Å². The van der Waals surface area contributed by atoms with Crippen LogP contribution in [0, 0.1) is 0 Å². The maximum Gasteiger partial charge on any atom is 0.431 e. The summed E-state index contributed by atoms with van der Waals surface area (Å²) in [6.07, 6.45) is -10.4. The van der Waals surface area contributed by atoms with Crippen molar-refractivity contribution in [1.29, 1.82) is 0 Å². The number of hydrogen-bond donors (Lipinski definition) is 1. The Morgan fingerprint density at radius 1 is 0.909 bits per heavy atom. The number of alkyl halides is 6. The summed E-state index contributed by atoms with van der Waals surface area (Å²) < 4.78 is 76.5. The molecule has 0 fully saturated rings. The van der Waals surface area contributed by atoms with Gasteiger partial charge >= 0.3 is 12.4 Å². The van der Waals surface area contributed by atoms with Crippen LogP contribution < -0.4 is 0 Å². The molecule has 0 bridgehead atoms. The van der Waals surface area contributed by atoms with E-state index in [-0.39, 0.29) is 15.6 Å². The Morgan fingerprint density at radius 3 is 1.91 bits per heavy atom. The third-order valence-electron chi connectivity index (χ3n) is 2.71. The van der Waals surface area contributed by atoms with Crippen LogP contribution in [0.5, 0.6) is 0 Å². The molecule has 22 heavy (non-hydrogen) atoms. The highest BCUT2D eigenvalue weighted by Gasteiger charge is 2.47. The smallest absolute Gasteiger partial charge is 0.350 e. The van der Waals surface area contributed by atoms with Gasteiger partial charge in [0.15, 0.2) is 0 Å². The minimum atomic E-state index is -5.19. The van der Waals surface area contributed by atoms with Crippen molar-refractivity contribution in [2.75, 3.05) is 0 Å². The van der Waals surface area contributed by atoms with Gasteiger partial charge in [-0.05, 0) is 28.1 Å². The SMILES string of the molecule is FC(F)(F)c1[nH]c(-c2ccc(Cl)c(Cl)c2)c(Br)c1C(F)(F)F. The normalized spacial score (nSPS) is 12.8. The first-order valence-corrected chi connectivity index (χ1v) is 6.99. The van der Waals surface area contributed by atoms with Crippen LogP contribution in [0.2, 0.25) is 10.0 Å². The summed E-state index contributed by atoms with van der Waals surface area (Å²) in [5, 5.41) is 0.128. The van der Waals surface area contributed by atoms with Gasteiger partial charge < -0.3 is 4.98 Å². The molecule has 0 unspecified atom stereocenters. The van der Waals surface area contributed by atoms with E-state index in [4.69, 9.17) is 23.2 Å². The number of rotatable bonds is 1. The summed E-state index contributed by atoms with van der Waals surface area (Å²) in [5.74, 6) is 0. The minimum Gasteiger partial charge on any atom is -0.350 e. The lowest BCUT2D eigenvalue weighted by atomic mass is 10.1. The minimum absolute atomic E-state index is 0.00258. The Bertz CT molecular complexity index is 720. The molecule has 120 valence electrons. The van der Waals surface area contributed by atoms with Crippen LogP contribution >= 0.6 is 39.1 Å². The predicted molar refractivity (Wildman–Crippen MR) is 74.0 cm³/mol. The number of H-pyrrole nitrogens is 1. The summed E-state index contributed by atoms with van der Waals surface area (Å²) in [5.41, 5.74) is -4.06. The summed E-state index contributed by atoms with van der Waals surface area (Å²) in [6, 6.07) is 3.69. The summed E-state index contributed by atoms with van der Waals surface area (Å²) >= 11 is 14.0. The summed E-state index contributed by atoms with van der Waals surface area (Å²) in [6.45, 7) is 0. The lowest BCUT2D eigenvalue weighted by Crippen LogP contribution is -2.15. The average Bonchev–Trinajstić information content (AvgIpc) is 2.70. The number of halogens is 9. The fraction of sp³-hybridized carbons (Fsp3) is 0.167. The number of aromatic nitrogens is 1. The zero-order chi connectivity index (χ0) is 16.9. The Balaban J connectivity index is 2.73. The number of aromatic amines is 1. The van der Waals surface area contributed by atoms with E-state index in [2.05, 4.69) is 15.9 Å². The first-order valence-electron chi connectivity index (χ1n) is 5.44. The topological polar surface area (TPSA) is 15.8 Å². The zero-order valence-electron chi connectivity index (χ0n) is 10.1. The molecule has 0 saturated heterocycles. The maximum absolute atomic E-state index is 12.9. The van der Waals surface area contributed by atoms with Crippen molar-refractivity contribution in [2.24, 2.45) is 0 Å². The molecule has 0 saturated carbocycles.